The van der Waals surface area contributed by atoms with Crippen LogP contribution in [0.1, 0.15) is 12.6 Å². The summed E-state index contributed by atoms with van der Waals surface area (Å²) in [5.41, 5.74) is 0.987. The molecular weight excluding hydrogens is 286 g/mol. The zero-order chi connectivity index (χ0) is 14.3. The number of anilines is 1. The second kappa shape index (κ2) is 5.13. The van der Waals surface area contributed by atoms with E-state index in [0.29, 0.717) is 23.5 Å². The van der Waals surface area contributed by atoms with Crippen LogP contribution in [0, 0.1) is 0 Å². The summed E-state index contributed by atoms with van der Waals surface area (Å²) < 4.78 is 7.27. The van der Waals surface area contributed by atoms with E-state index in [9.17, 15) is 5.11 Å². The molecule has 3 atom stereocenters. The van der Waals surface area contributed by atoms with Crippen LogP contribution in [0.2, 0.25) is 5.15 Å². The number of halogens is 1. The molecule has 0 saturated carbocycles. The predicted molar refractivity (Wildman–Crippen MR) is 71.5 cm³/mol. The Labute approximate surface area is 119 Å². The molecule has 9 heteroatoms. The molecule has 0 radical (unpaired) electrons. The molecule has 3 rings (SSSR count). The normalized spacial score (nSPS) is 26.3. The van der Waals surface area contributed by atoms with Crippen LogP contribution < -0.4 is 5.32 Å². The van der Waals surface area contributed by atoms with Crippen LogP contribution in [0.15, 0.2) is 6.33 Å². The summed E-state index contributed by atoms with van der Waals surface area (Å²) in [5.74, 6) is 0.376. The highest BCUT2D eigenvalue weighted by atomic mass is 35.5. The number of aliphatic hydroxyl groups excluding tert-OH is 2. The SMILES string of the molecule is CNc1nc(Cl)c2ncn([C@H]3C[C@H](O)[C@@H](CO)O3)c2n1. The first kappa shape index (κ1) is 13.5. The summed E-state index contributed by atoms with van der Waals surface area (Å²) in [6.45, 7) is -0.234. The van der Waals surface area contributed by atoms with Gasteiger partial charge in [0.05, 0.1) is 19.0 Å². The van der Waals surface area contributed by atoms with Crippen molar-refractivity contribution in [3.8, 4) is 0 Å². The Morgan fingerprint density at radius 3 is 3.00 bits per heavy atom. The molecule has 1 aliphatic heterocycles. The Balaban J connectivity index is 2.02. The maximum atomic E-state index is 9.80. The molecule has 108 valence electrons. The van der Waals surface area contributed by atoms with Crippen molar-refractivity contribution in [1.82, 2.24) is 19.5 Å². The number of fused-ring (bicyclic) bond motifs is 1. The fourth-order valence-corrected chi connectivity index (χ4v) is 2.47. The highest BCUT2D eigenvalue weighted by molar-refractivity contribution is 6.33. The molecule has 0 aromatic carbocycles. The minimum Gasteiger partial charge on any atom is -0.394 e. The number of ether oxygens (including phenoxy) is 1. The first-order valence-electron chi connectivity index (χ1n) is 6.16. The van der Waals surface area contributed by atoms with E-state index in [1.807, 2.05) is 0 Å². The van der Waals surface area contributed by atoms with Crippen molar-refractivity contribution in [3.63, 3.8) is 0 Å². The molecule has 0 spiro atoms. The number of nitrogens with zero attached hydrogens (tertiary/aromatic N) is 4. The Bertz CT molecular complexity index is 634. The van der Waals surface area contributed by atoms with Crippen LogP contribution in [-0.4, -0.2) is 55.6 Å². The third kappa shape index (κ3) is 2.10. The van der Waals surface area contributed by atoms with Gasteiger partial charge in [-0.3, -0.25) is 4.57 Å². The summed E-state index contributed by atoms with van der Waals surface area (Å²) in [6, 6.07) is 0. The summed E-state index contributed by atoms with van der Waals surface area (Å²) in [6.07, 6.45) is 0.138. The number of aliphatic hydroxyl groups is 2. The first-order valence-corrected chi connectivity index (χ1v) is 6.54. The van der Waals surface area contributed by atoms with Gasteiger partial charge < -0.3 is 20.3 Å². The molecule has 8 nitrogen and oxygen atoms in total. The summed E-state index contributed by atoms with van der Waals surface area (Å²) in [5, 5.41) is 22.0. The highest BCUT2D eigenvalue weighted by Gasteiger charge is 2.35. The lowest BCUT2D eigenvalue weighted by atomic mass is 10.2. The van der Waals surface area contributed by atoms with E-state index in [0.717, 1.165) is 0 Å². The fraction of sp³-hybridized carbons (Fsp3) is 0.545. The van der Waals surface area contributed by atoms with Gasteiger partial charge in [0.25, 0.3) is 0 Å². The Morgan fingerprint density at radius 1 is 1.55 bits per heavy atom. The number of aromatic nitrogens is 4. The van der Waals surface area contributed by atoms with Crippen LogP contribution in [0.5, 0.6) is 0 Å². The van der Waals surface area contributed by atoms with Crippen LogP contribution in [0.25, 0.3) is 11.2 Å². The van der Waals surface area contributed by atoms with Gasteiger partial charge >= 0.3 is 0 Å². The zero-order valence-corrected chi connectivity index (χ0v) is 11.4. The molecule has 3 N–H and O–H groups in total. The van der Waals surface area contributed by atoms with Gasteiger partial charge in [0, 0.05) is 13.5 Å². The molecule has 1 saturated heterocycles. The average molecular weight is 300 g/mol. The predicted octanol–water partition coefficient (Wildman–Crippen LogP) is 0.162. The molecule has 3 heterocycles. The van der Waals surface area contributed by atoms with E-state index in [-0.39, 0.29) is 11.8 Å². The molecule has 2 aromatic heterocycles. The monoisotopic (exact) mass is 299 g/mol. The van der Waals surface area contributed by atoms with E-state index in [4.69, 9.17) is 21.4 Å². The van der Waals surface area contributed by atoms with Gasteiger partial charge in [0.1, 0.15) is 17.8 Å². The number of hydrogen-bond donors (Lipinski definition) is 3. The minimum absolute atomic E-state index is 0.234. The molecular formula is C11H14ClN5O3. The van der Waals surface area contributed by atoms with Crippen LogP contribution in [0.3, 0.4) is 0 Å². The summed E-state index contributed by atoms with van der Waals surface area (Å²) in [7, 11) is 1.69. The smallest absolute Gasteiger partial charge is 0.225 e. The van der Waals surface area contributed by atoms with Gasteiger partial charge in [0.15, 0.2) is 10.8 Å². The minimum atomic E-state index is -0.719. The van der Waals surface area contributed by atoms with Gasteiger partial charge in [-0.05, 0) is 0 Å². The van der Waals surface area contributed by atoms with E-state index < -0.39 is 18.4 Å². The van der Waals surface area contributed by atoms with Crippen LogP contribution in [-0.2, 0) is 4.74 Å². The lowest BCUT2D eigenvalue weighted by Crippen LogP contribution is -2.24. The van der Waals surface area contributed by atoms with Gasteiger partial charge in [-0.25, -0.2) is 4.98 Å². The number of nitrogens with one attached hydrogen (secondary N) is 1. The van der Waals surface area contributed by atoms with Crippen LogP contribution >= 0.6 is 11.6 Å². The molecule has 2 aromatic rings. The molecule has 0 amide bonds. The van der Waals surface area contributed by atoms with Crippen molar-refractivity contribution >= 4 is 28.7 Å². The van der Waals surface area contributed by atoms with Crippen molar-refractivity contribution < 1.29 is 14.9 Å². The maximum absolute atomic E-state index is 9.80. The van der Waals surface area contributed by atoms with E-state index in [1.54, 1.807) is 17.9 Å². The topological polar surface area (TPSA) is 105 Å². The average Bonchev–Trinajstić information content (AvgIpc) is 3.01. The van der Waals surface area contributed by atoms with E-state index in [2.05, 4.69) is 20.3 Å². The number of imidazole rings is 1. The lowest BCUT2D eigenvalue weighted by Gasteiger charge is -2.13. The first-order chi connectivity index (χ1) is 9.63. The molecule has 1 aliphatic rings. The molecule has 20 heavy (non-hydrogen) atoms. The van der Waals surface area contributed by atoms with Crippen molar-refractivity contribution in [2.75, 3.05) is 19.0 Å². The fourth-order valence-electron chi connectivity index (χ4n) is 2.25. The molecule has 0 unspecified atom stereocenters. The van der Waals surface area contributed by atoms with Gasteiger partial charge in [-0.1, -0.05) is 11.6 Å². The largest absolute Gasteiger partial charge is 0.394 e. The Morgan fingerprint density at radius 2 is 2.35 bits per heavy atom. The van der Waals surface area contributed by atoms with Crippen molar-refractivity contribution in [2.45, 2.75) is 24.9 Å². The summed E-state index contributed by atoms with van der Waals surface area (Å²) >= 11 is 6.05. The van der Waals surface area contributed by atoms with Gasteiger partial charge in [-0.2, -0.15) is 9.97 Å². The van der Waals surface area contributed by atoms with E-state index in [1.165, 1.54) is 0 Å². The number of rotatable bonds is 3. The maximum Gasteiger partial charge on any atom is 0.225 e. The highest BCUT2D eigenvalue weighted by Crippen LogP contribution is 2.32. The third-order valence-electron chi connectivity index (χ3n) is 3.30. The van der Waals surface area contributed by atoms with E-state index >= 15 is 0 Å². The Hall–Kier alpha value is -1.48. The van der Waals surface area contributed by atoms with Crippen molar-refractivity contribution in [1.29, 1.82) is 0 Å². The Kier molecular flexibility index (Phi) is 3.47. The zero-order valence-electron chi connectivity index (χ0n) is 10.7. The van der Waals surface area contributed by atoms with Gasteiger partial charge in [0.2, 0.25) is 5.95 Å². The second-order valence-corrected chi connectivity index (χ2v) is 4.88. The van der Waals surface area contributed by atoms with Crippen molar-refractivity contribution in [2.24, 2.45) is 0 Å². The van der Waals surface area contributed by atoms with Crippen molar-refractivity contribution in [3.05, 3.63) is 11.5 Å². The second-order valence-electron chi connectivity index (χ2n) is 4.53. The van der Waals surface area contributed by atoms with Gasteiger partial charge in [-0.15, -0.1) is 0 Å². The number of hydrogen-bond acceptors (Lipinski definition) is 7. The third-order valence-corrected chi connectivity index (χ3v) is 3.56. The molecule has 0 bridgehead atoms. The standard InChI is InChI=1S/C11H14ClN5O3/c1-13-11-15-9(12)8-10(16-11)17(4-14-8)7-2-5(19)6(3-18)20-7/h4-7,18-19H,2-3H2,1H3,(H,13,15,16)/t5-,6+,7+/m0/s1. The lowest BCUT2D eigenvalue weighted by molar-refractivity contribution is -0.0432. The molecule has 1 fully saturated rings. The quantitative estimate of drug-likeness (QED) is 0.693. The van der Waals surface area contributed by atoms with Crippen LogP contribution in [0.4, 0.5) is 5.95 Å². The summed E-state index contributed by atoms with van der Waals surface area (Å²) in [4.78, 5) is 12.5. The molecule has 0 aliphatic carbocycles.